The molecule has 170 valence electrons. The van der Waals surface area contributed by atoms with Gasteiger partial charge in [0.25, 0.3) is 5.56 Å². The van der Waals surface area contributed by atoms with Crippen LogP contribution in [0.4, 0.5) is 0 Å². The van der Waals surface area contributed by atoms with Crippen LogP contribution in [0.15, 0.2) is 29.1 Å². The molecule has 3 rings (SSSR count). The van der Waals surface area contributed by atoms with Gasteiger partial charge >= 0.3 is 11.9 Å². The molecule has 0 aliphatic heterocycles. The third-order valence-electron chi connectivity index (χ3n) is 4.60. The maximum Gasteiger partial charge on any atom is 0.348 e. The fraction of sp³-hybridized carbons (Fsp3) is 0.333. The summed E-state index contributed by atoms with van der Waals surface area (Å²) >= 11 is 6.88. The molecule has 3 aromatic rings. The van der Waals surface area contributed by atoms with Crippen LogP contribution >= 0.6 is 22.9 Å². The molecular formula is C21H22ClN3O6S. The minimum atomic E-state index is -0.635. The second-order valence-corrected chi connectivity index (χ2v) is 8.32. The molecule has 0 atom stereocenters. The van der Waals surface area contributed by atoms with Gasteiger partial charge in [-0.2, -0.15) is 0 Å². The molecule has 0 fully saturated rings. The quantitative estimate of drug-likeness (QED) is 0.466. The summed E-state index contributed by atoms with van der Waals surface area (Å²) < 4.78 is 15.2. The molecule has 1 aromatic carbocycles. The fourth-order valence-electron chi connectivity index (χ4n) is 3.01. The van der Waals surface area contributed by atoms with Gasteiger partial charge in [-0.05, 0) is 31.3 Å². The van der Waals surface area contributed by atoms with Gasteiger partial charge < -0.3 is 19.2 Å². The van der Waals surface area contributed by atoms with E-state index in [1.165, 1.54) is 14.2 Å². The fourth-order valence-corrected chi connectivity index (χ4v) is 4.27. The van der Waals surface area contributed by atoms with E-state index in [9.17, 15) is 14.4 Å². The summed E-state index contributed by atoms with van der Waals surface area (Å²) in [7, 11) is 4.34. The summed E-state index contributed by atoms with van der Waals surface area (Å²) in [6, 6.07) is 7.08. The number of benzene rings is 1. The maximum atomic E-state index is 12.8. The van der Waals surface area contributed by atoms with E-state index in [2.05, 4.69) is 14.7 Å². The van der Waals surface area contributed by atoms with Crippen LogP contribution in [-0.4, -0.2) is 61.2 Å². The monoisotopic (exact) mass is 479 g/mol. The van der Waals surface area contributed by atoms with Crippen LogP contribution in [0.25, 0.3) is 10.2 Å². The number of hydrogen-bond acceptors (Lipinski definition) is 9. The number of nitrogens with zero attached hydrogens (tertiary/aromatic N) is 2. The van der Waals surface area contributed by atoms with E-state index in [-0.39, 0.29) is 22.2 Å². The van der Waals surface area contributed by atoms with Crippen LogP contribution in [0.2, 0.25) is 5.02 Å². The Bertz CT molecular complexity index is 1170. The molecular weight excluding hydrogens is 458 g/mol. The van der Waals surface area contributed by atoms with Gasteiger partial charge in [0.1, 0.15) is 27.9 Å². The molecule has 0 unspecified atom stereocenters. The smallest absolute Gasteiger partial charge is 0.348 e. The minimum absolute atomic E-state index is 0.160. The Morgan fingerprint density at radius 3 is 2.56 bits per heavy atom. The Morgan fingerprint density at radius 1 is 1.19 bits per heavy atom. The molecule has 0 bridgehead atoms. The van der Waals surface area contributed by atoms with Crippen molar-refractivity contribution in [2.75, 3.05) is 34.4 Å². The highest BCUT2D eigenvalue weighted by Gasteiger charge is 2.24. The number of aromatic amines is 1. The van der Waals surface area contributed by atoms with Gasteiger partial charge in [-0.3, -0.25) is 14.5 Å². The second-order valence-electron chi connectivity index (χ2n) is 6.89. The number of likely N-dealkylation sites (N-methyl/N-ethyl adjacent to an activating group) is 1. The standard InChI is InChI=1S/C21H22ClN3O6S/c1-25(8-9-31-13-6-4-12(22)5-7-13)11-15-23-19(27)17-14(10-16(26)29-2)18(21(28)30-3)32-20(17)24-15/h4-7H,8-11H2,1-3H3,(H,23,24,27). The minimum Gasteiger partial charge on any atom is -0.492 e. The molecule has 2 aromatic heterocycles. The summed E-state index contributed by atoms with van der Waals surface area (Å²) in [5, 5.41) is 0.830. The van der Waals surface area contributed by atoms with Crippen molar-refractivity contribution in [3.63, 3.8) is 0 Å². The zero-order valence-corrected chi connectivity index (χ0v) is 19.3. The number of carbonyl (C=O) groups is 2. The van der Waals surface area contributed by atoms with Gasteiger partial charge in [0.15, 0.2) is 0 Å². The van der Waals surface area contributed by atoms with E-state index in [1.807, 2.05) is 11.9 Å². The molecule has 0 radical (unpaired) electrons. The topological polar surface area (TPSA) is 111 Å². The van der Waals surface area contributed by atoms with Crippen molar-refractivity contribution in [3.8, 4) is 5.75 Å². The normalized spacial score (nSPS) is 11.0. The predicted octanol–water partition coefficient (Wildman–Crippen LogP) is 2.65. The maximum absolute atomic E-state index is 12.8. The van der Waals surface area contributed by atoms with Crippen LogP contribution in [0.3, 0.4) is 0 Å². The number of H-pyrrole nitrogens is 1. The van der Waals surface area contributed by atoms with Gasteiger partial charge in [0.05, 0.1) is 32.6 Å². The molecule has 0 amide bonds. The van der Waals surface area contributed by atoms with Crippen molar-refractivity contribution in [3.05, 3.63) is 55.9 Å². The van der Waals surface area contributed by atoms with E-state index in [1.54, 1.807) is 24.3 Å². The number of hydrogen-bond donors (Lipinski definition) is 1. The first kappa shape index (κ1) is 23.7. The zero-order chi connectivity index (χ0) is 23.3. The molecule has 0 spiro atoms. The number of esters is 2. The lowest BCUT2D eigenvalue weighted by molar-refractivity contribution is -0.139. The molecule has 2 heterocycles. The molecule has 11 heteroatoms. The van der Waals surface area contributed by atoms with Gasteiger partial charge in [-0.1, -0.05) is 11.6 Å². The van der Waals surface area contributed by atoms with Crippen LogP contribution in [0.1, 0.15) is 21.1 Å². The number of rotatable bonds is 9. The first-order chi connectivity index (χ1) is 15.3. The van der Waals surface area contributed by atoms with Crippen molar-refractivity contribution in [2.45, 2.75) is 13.0 Å². The number of fused-ring (bicyclic) bond motifs is 1. The van der Waals surface area contributed by atoms with E-state index in [4.69, 9.17) is 21.1 Å². The average Bonchev–Trinajstić information content (AvgIpc) is 3.13. The molecule has 0 saturated heterocycles. The number of methoxy groups -OCH3 is 2. The summed E-state index contributed by atoms with van der Waals surface area (Å²) in [6.07, 6.45) is -0.229. The highest BCUT2D eigenvalue weighted by atomic mass is 35.5. The zero-order valence-electron chi connectivity index (χ0n) is 17.8. The van der Waals surface area contributed by atoms with Crippen molar-refractivity contribution in [2.24, 2.45) is 0 Å². The van der Waals surface area contributed by atoms with Crippen LogP contribution in [-0.2, 0) is 27.2 Å². The summed E-state index contributed by atoms with van der Waals surface area (Å²) in [4.78, 5) is 46.4. The molecule has 0 aliphatic carbocycles. The lowest BCUT2D eigenvalue weighted by atomic mass is 10.1. The highest BCUT2D eigenvalue weighted by Crippen LogP contribution is 2.29. The largest absolute Gasteiger partial charge is 0.492 e. The number of carbonyl (C=O) groups excluding carboxylic acids is 2. The Balaban J connectivity index is 1.76. The van der Waals surface area contributed by atoms with Gasteiger partial charge in [0, 0.05) is 17.1 Å². The van der Waals surface area contributed by atoms with Crippen LogP contribution < -0.4 is 10.3 Å². The van der Waals surface area contributed by atoms with Gasteiger partial charge in [0.2, 0.25) is 0 Å². The lowest BCUT2D eigenvalue weighted by Crippen LogP contribution is -2.26. The van der Waals surface area contributed by atoms with E-state index >= 15 is 0 Å². The molecule has 9 nitrogen and oxygen atoms in total. The molecule has 32 heavy (non-hydrogen) atoms. The number of ether oxygens (including phenoxy) is 3. The SMILES string of the molecule is COC(=O)Cc1c(C(=O)OC)sc2nc(CN(C)CCOc3ccc(Cl)cc3)[nH]c(=O)c12. The Hall–Kier alpha value is -2.95. The highest BCUT2D eigenvalue weighted by molar-refractivity contribution is 7.20. The van der Waals surface area contributed by atoms with Gasteiger partial charge in [-0.15, -0.1) is 11.3 Å². The molecule has 1 N–H and O–H groups in total. The second kappa shape index (κ2) is 10.6. The van der Waals surface area contributed by atoms with Crippen molar-refractivity contribution in [1.29, 1.82) is 0 Å². The van der Waals surface area contributed by atoms with E-state index in [0.717, 1.165) is 11.3 Å². The van der Waals surface area contributed by atoms with Crippen molar-refractivity contribution in [1.82, 2.24) is 14.9 Å². The van der Waals surface area contributed by atoms with Crippen molar-refractivity contribution >= 4 is 45.1 Å². The Morgan fingerprint density at radius 2 is 1.91 bits per heavy atom. The lowest BCUT2D eigenvalue weighted by Gasteiger charge is -2.16. The average molecular weight is 480 g/mol. The summed E-state index contributed by atoms with van der Waals surface area (Å²) in [5.41, 5.74) is -0.171. The Kier molecular flexibility index (Phi) is 7.84. The summed E-state index contributed by atoms with van der Waals surface area (Å²) in [5.74, 6) is -0.0651. The third kappa shape index (κ3) is 5.64. The number of thiophene rings is 1. The first-order valence-corrected chi connectivity index (χ1v) is 10.8. The molecule has 0 aliphatic rings. The number of halogens is 1. The number of nitrogens with one attached hydrogen (secondary N) is 1. The predicted molar refractivity (Wildman–Crippen MR) is 121 cm³/mol. The van der Waals surface area contributed by atoms with Crippen LogP contribution in [0.5, 0.6) is 5.75 Å². The third-order valence-corrected chi connectivity index (χ3v) is 5.96. The van der Waals surface area contributed by atoms with Crippen molar-refractivity contribution < 1.29 is 23.8 Å². The van der Waals surface area contributed by atoms with Crippen LogP contribution in [0, 0.1) is 0 Å². The van der Waals surface area contributed by atoms with E-state index < -0.39 is 17.5 Å². The van der Waals surface area contributed by atoms with E-state index in [0.29, 0.717) is 41.1 Å². The Labute approximate surface area is 192 Å². The van der Waals surface area contributed by atoms with Gasteiger partial charge in [-0.25, -0.2) is 9.78 Å². The summed E-state index contributed by atoms with van der Waals surface area (Å²) in [6.45, 7) is 1.36. The first-order valence-electron chi connectivity index (χ1n) is 9.59. The molecule has 0 saturated carbocycles. The number of aromatic nitrogens is 2.